The van der Waals surface area contributed by atoms with Crippen LogP contribution in [0.3, 0.4) is 0 Å². The van der Waals surface area contributed by atoms with Gasteiger partial charge in [0.25, 0.3) is 0 Å². The number of halogens is 1. The fraction of sp³-hybridized carbons (Fsp3) is 0.556. The van der Waals surface area contributed by atoms with Crippen LogP contribution in [0.1, 0.15) is 28.2 Å². The lowest BCUT2D eigenvalue weighted by molar-refractivity contribution is 0.752. The zero-order chi connectivity index (χ0) is 8.93. The van der Waals surface area contributed by atoms with Gasteiger partial charge in [0.05, 0.1) is 5.54 Å². The Morgan fingerprint density at radius 2 is 2.00 bits per heavy atom. The summed E-state index contributed by atoms with van der Waals surface area (Å²) in [5, 5.41) is 0. The van der Waals surface area contributed by atoms with E-state index in [2.05, 4.69) is 29.8 Å². The molecule has 66 valence electrons. The summed E-state index contributed by atoms with van der Waals surface area (Å²) in [7, 11) is 0. The minimum Gasteiger partial charge on any atom is -0.321 e. The Labute approximate surface area is 85.1 Å². The van der Waals surface area contributed by atoms with Crippen LogP contribution in [0.15, 0.2) is 4.47 Å². The second-order valence-corrected chi connectivity index (χ2v) is 5.60. The zero-order valence-corrected chi connectivity index (χ0v) is 9.68. The quantitative estimate of drug-likeness (QED) is 0.809. The summed E-state index contributed by atoms with van der Waals surface area (Å²) in [6.45, 7) is 4.28. The predicted molar refractivity (Wildman–Crippen MR) is 56.6 cm³/mol. The second-order valence-electron chi connectivity index (χ2n) is 3.58. The summed E-state index contributed by atoms with van der Waals surface area (Å²) in [5.74, 6) is 0. The maximum atomic E-state index is 6.14. The van der Waals surface area contributed by atoms with Gasteiger partial charge < -0.3 is 5.73 Å². The molecule has 1 aromatic rings. The molecule has 0 radical (unpaired) electrons. The molecule has 1 saturated carbocycles. The first-order valence-corrected chi connectivity index (χ1v) is 5.70. The Morgan fingerprint density at radius 1 is 1.42 bits per heavy atom. The molecule has 0 spiro atoms. The topological polar surface area (TPSA) is 26.0 Å². The van der Waals surface area contributed by atoms with Crippen LogP contribution in [0, 0.1) is 13.8 Å². The second kappa shape index (κ2) is 2.56. The van der Waals surface area contributed by atoms with E-state index in [1.807, 2.05) is 11.3 Å². The molecule has 0 unspecified atom stereocenters. The van der Waals surface area contributed by atoms with Crippen LogP contribution in [-0.2, 0) is 5.54 Å². The van der Waals surface area contributed by atoms with E-state index < -0.39 is 0 Å². The Hall–Kier alpha value is 0.140. The van der Waals surface area contributed by atoms with Crippen LogP contribution in [0.5, 0.6) is 0 Å². The van der Waals surface area contributed by atoms with Crippen molar-refractivity contribution >= 4 is 27.3 Å². The van der Waals surface area contributed by atoms with Gasteiger partial charge >= 0.3 is 0 Å². The number of aryl methyl sites for hydroxylation is 1. The van der Waals surface area contributed by atoms with Gasteiger partial charge in [0, 0.05) is 14.2 Å². The molecule has 2 N–H and O–H groups in total. The van der Waals surface area contributed by atoms with Gasteiger partial charge in [-0.25, -0.2) is 0 Å². The molecule has 0 bridgehead atoms. The Balaban J connectivity index is 2.51. The molecule has 0 amide bonds. The smallest absolute Gasteiger partial charge is 0.0508 e. The molecule has 1 aliphatic carbocycles. The van der Waals surface area contributed by atoms with Crippen LogP contribution < -0.4 is 5.73 Å². The van der Waals surface area contributed by atoms with E-state index in [9.17, 15) is 0 Å². The number of rotatable bonds is 1. The van der Waals surface area contributed by atoms with Crippen molar-refractivity contribution in [3.63, 3.8) is 0 Å². The standard InChI is InChI=1S/C9H12BrNS/c1-5-7(10)6(2)12-8(5)9(11)3-4-9/h3-4,11H2,1-2H3. The molecule has 1 fully saturated rings. The van der Waals surface area contributed by atoms with Gasteiger partial charge in [0.1, 0.15) is 0 Å². The van der Waals surface area contributed by atoms with E-state index in [-0.39, 0.29) is 5.54 Å². The van der Waals surface area contributed by atoms with E-state index in [1.165, 1.54) is 19.8 Å². The molecular formula is C9H12BrNS. The third kappa shape index (κ3) is 1.15. The molecule has 1 nitrogen and oxygen atoms in total. The third-order valence-corrected chi connectivity index (χ3v) is 5.35. The molecule has 12 heavy (non-hydrogen) atoms. The lowest BCUT2D eigenvalue weighted by atomic mass is 10.1. The largest absolute Gasteiger partial charge is 0.321 e. The molecule has 1 aliphatic rings. The van der Waals surface area contributed by atoms with E-state index in [4.69, 9.17) is 5.73 Å². The molecule has 0 atom stereocenters. The van der Waals surface area contributed by atoms with Gasteiger partial charge in [-0.3, -0.25) is 0 Å². The SMILES string of the molecule is Cc1sc(C2(N)CC2)c(C)c1Br. The van der Waals surface area contributed by atoms with Gasteiger partial charge in [-0.2, -0.15) is 0 Å². The molecule has 1 heterocycles. The Morgan fingerprint density at radius 3 is 2.33 bits per heavy atom. The number of hydrogen-bond acceptors (Lipinski definition) is 2. The lowest BCUT2D eigenvalue weighted by Crippen LogP contribution is -2.17. The monoisotopic (exact) mass is 245 g/mol. The average molecular weight is 246 g/mol. The molecular weight excluding hydrogens is 234 g/mol. The van der Waals surface area contributed by atoms with Crippen molar-refractivity contribution in [3.05, 3.63) is 19.8 Å². The maximum absolute atomic E-state index is 6.14. The summed E-state index contributed by atoms with van der Waals surface area (Å²) >= 11 is 5.41. The maximum Gasteiger partial charge on any atom is 0.0508 e. The fourth-order valence-corrected chi connectivity index (χ4v) is 3.26. The van der Waals surface area contributed by atoms with E-state index in [0.717, 1.165) is 12.8 Å². The van der Waals surface area contributed by atoms with E-state index in [1.54, 1.807) is 0 Å². The summed E-state index contributed by atoms with van der Waals surface area (Å²) in [6, 6.07) is 0. The number of hydrogen-bond donors (Lipinski definition) is 1. The Kier molecular flexibility index (Phi) is 1.86. The molecule has 0 saturated heterocycles. The summed E-state index contributed by atoms with van der Waals surface area (Å²) in [4.78, 5) is 2.73. The van der Waals surface area contributed by atoms with Crippen molar-refractivity contribution in [2.75, 3.05) is 0 Å². The third-order valence-electron chi connectivity index (χ3n) is 2.47. The van der Waals surface area contributed by atoms with Crippen LogP contribution in [0.2, 0.25) is 0 Å². The van der Waals surface area contributed by atoms with Crippen molar-refractivity contribution in [3.8, 4) is 0 Å². The van der Waals surface area contributed by atoms with Crippen molar-refractivity contribution in [2.24, 2.45) is 5.73 Å². The average Bonchev–Trinajstić information content (AvgIpc) is 2.71. The van der Waals surface area contributed by atoms with Gasteiger partial charge in [0.2, 0.25) is 0 Å². The minimum absolute atomic E-state index is 0.0333. The number of thiophene rings is 1. The first kappa shape index (κ1) is 8.73. The van der Waals surface area contributed by atoms with Crippen molar-refractivity contribution in [1.82, 2.24) is 0 Å². The van der Waals surface area contributed by atoms with Crippen molar-refractivity contribution in [2.45, 2.75) is 32.2 Å². The highest BCUT2D eigenvalue weighted by molar-refractivity contribution is 9.10. The van der Waals surface area contributed by atoms with Crippen molar-refractivity contribution in [1.29, 1.82) is 0 Å². The predicted octanol–water partition coefficient (Wildman–Crippen LogP) is 3.08. The summed E-state index contributed by atoms with van der Waals surface area (Å²) in [6.07, 6.45) is 2.31. The molecule has 0 aliphatic heterocycles. The summed E-state index contributed by atoms with van der Waals surface area (Å²) in [5.41, 5.74) is 7.52. The van der Waals surface area contributed by atoms with Gasteiger partial charge in [-0.05, 0) is 48.2 Å². The molecule has 3 heteroatoms. The van der Waals surface area contributed by atoms with Crippen LogP contribution in [-0.4, -0.2) is 0 Å². The first-order valence-electron chi connectivity index (χ1n) is 4.09. The highest BCUT2D eigenvalue weighted by Gasteiger charge is 2.42. The van der Waals surface area contributed by atoms with Gasteiger partial charge in [-0.15, -0.1) is 11.3 Å². The highest BCUT2D eigenvalue weighted by Crippen LogP contribution is 2.49. The van der Waals surface area contributed by atoms with Crippen LogP contribution >= 0.6 is 27.3 Å². The lowest BCUT2D eigenvalue weighted by Gasteiger charge is -2.06. The fourth-order valence-electron chi connectivity index (χ4n) is 1.47. The number of nitrogens with two attached hydrogens (primary N) is 1. The van der Waals surface area contributed by atoms with Gasteiger partial charge in [0.15, 0.2) is 0 Å². The Bertz CT molecular complexity index is 326. The highest BCUT2D eigenvalue weighted by atomic mass is 79.9. The van der Waals surface area contributed by atoms with Crippen LogP contribution in [0.4, 0.5) is 0 Å². The zero-order valence-electron chi connectivity index (χ0n) is 7.28. The van der Waals surface area contributed by atoms with E-state index in [0.29, 0.717) is 0 Å². The molecule has 2 rings (SSSR count). The first-order chi connectivity index (χ1) is 5.54. The van der Waals surface area contributed by atoms with Crippen LogP contribution in [0.25, 0.3) is 0 Å². The normalized spacial score (nSPS) is 19.7. The molecule has 1 aromatic heterocycles. The van der Waals surface area contributed by atoms with Gasteiger partial charge in [-0.1, -0.05) is 0 Å². The van der Waals surface area contributed by atoms with E-state index >= 15 is 0 Å². The minimum atomic E-state index is 0.0333. The molecule has 0 aromatic carbocycles. The van der Waals surface area contributed by atoms with Crippen molar-refractivity contribution < 1.29 is 0 Å². The summed E-state index contributed by atoms with van der Waals surface area (Å²) < 4.78 is 1.25.